The minimum atomic E-state index is -1.24. The van der Waals surface area contributed by atoms with E-state index in [0.29, 0.717) is 28.7 Å². The van der Waals surface area contributed by atoms with Crippen molar-refractivity contribution in [3.05, 3.63) is 64.1 Å². The van der Waals surface area contributed by atoms with Gasteiger partial charge in [0.1, 0.15) is 5.41 Å². The van der Waals surface area contributed by atoms with Gasteiger partial charge in [-0.1, -0.05) is 53.5 Å². The maximum absolute atomic E-state index is 12.5. The second-order valence-corrected chi connectivity index (χ2v) is 7.04. The molecule has 2 amide bonds. The molecule has 132 valence electrons. The minimum Gasteiger partial charge on any atom is -0.355 e. The summed E-state index contributed by atoms with van der Waals surface area (Å²) < 4.78 is 0. The summed E-state index contributed by atoms with van der Waals surface area (Å²) in [6.45, 7) is 3.61. The van der Waals surface area contributed by atoms with E-state index in [0.717, 1.165) is 5.56 Å². The first-order chi connectivity index (χ1) is 11.8. The van der Waals surface area contributed by atoms with Crippen LogP contribution >= 0.6 is 23.2 Å². The zero-order valence-electron chi connectivity index (χ0n) is 14.1. The lowest BCUT2D eigenvalue weighted by Crippen LogP contribution is -2.45. The van der Waals surface area contributed by atoms with E-state index in [2.05, 4.69) is 10.6 Å². The monoisotopic (exact) mass is 378 g/mol. The number of carbonyl (C=O) groups excluding carboxylic acids is 2. The number of hydrogen-bond donors (Lipinski definition) is 2. The van der Waals surface area contributed by atoms with Crippen molar-refractivity contribution >= 4 is 40.7 Å². The SMILES string of the molecule is CC(C)(C(=O)NCCc1ccccc1)C(=O)Nc1ccc(Cl)cc1Cl. The molecule has 0 saturated carbocycles. The van der Waals surface area contributed by atoms with E-state index in [9.17, 15) is 9.59 Å². The Morgan fingerprint density at radius 2 is 1.68 bits per heavy atom. The molecule has 6 heteroatoms. The van der Waals surface area contributed by atoms with Gasteiger partial charge in [-0.05, 0) is 44.0 Å². The number of carbonyl (C=O) groups is 2. The van der Waals surface area contributed by atoms with Gasteiger partial charge in [0.2, 0.25) is 11.8 Å². The molecule has 0 unspecified atom stereocenters. The Morgan fingerprint density at radius 1 is 1.00 bits per heavy atom. The molecular formula is C19H20Cl2N2O2. The van der Waals surface area contributed by atoms with E-state index in [1.54, 1.807) is 26.0 Å². The summed E-state index contributed by atoms with van der Waals surface area (Å²) in [5.74, 6) is -0.778. The summed E-state index contributed by atoms with van der Waals surface area (Å²) in [6, 6.07) is 14.6. The molecule has 0 aliphatic carbocycles. The Balaban J connectivity index is 1.93. The topological polar surface area (TPSA) is 58.2 Å². The van der Waals surface area contributed by atoms with Crippen LogP contribution in [0.4, 0.5) is 5.69 Å². The molecule has 0 bridgehead atoms. The molecule has 2 N–H and O–H groups in total. The molecule has 0 spiro atoms. The molecule has 0 aliphatic heterocycles. The lowest BCUT2D eigenvalue weighted by atomic mass is 9.91. The third-order valence-corrected chi connectivity index (χ3v) is 4.40. The van der Waals surface area contributed by atoms with Crippen molar-refractivity contribution in [1.29, 1.82) is 0 Å². The number of anilines is 1. The smallest absolute Gasteiger partial charge is 0.239 e. The van der Waals surface area contributed by atoms with Crippen LogP contribution in [0.25, 0.3) is 0 Å². The number of nitrogens with one attached hydrogen (secondary N) is 2. The Hall–Kier alpha value is -2.04. The highest BCUT2D eigenvalue weighted by atomic mass is 35.5. The van der Waals surface area contributed by atoms with Crippen LogP contribution in [0.15, 0.2) is 48.5 Å². The van der Waals surface area contributed by atoms with Crippen molar-refractivity contribution in [1.82, 2.24) is 5.32 Å². The fourth-order valence-electron chi connectivity index (χ4n) is 2.16. The highest BCUT2D eigenvalue weighted by Gasteiger charge is 2.36. The molecule has 0 fully saturated rings. The second-order valence-electron chi connectivity index (χ2n) is 6.19. The van der Waals surface area contributed by atoms with Gasteiger partial charge in [-0.3, -0.25) is 9.59 Å². The van der Waals surface area contributed by atoms with Gasteiger partial charge in [0.05, 0.1) is 10.7 Å². The normalized spacial score (nSPS) is 11.0. The Morgan fingerprint density at radius 3 is 2.32 bits per heavy atom. The van der Waals surface area contributed by atoms with Crippen molar-refractivity contribution in [2.24, 2.45) is 5.41 Å². The Bertz CT molecular complexity index is 761. The van der Waals surface area contributed by atoms with Crippen LogP contribution < -0.4 is 10.6 Å². The predicted octanol–water partition coefficient (Wildman–Crippen LogP) is 4.32. The van der Waals surface area contributed by atoms with Gasteiger partial charge in [-0.25, -0.2) is 0 Å². The van der Waals surface area contributed by atoms with Crippen LogP contribution in [0.3, 0.4) is 0 Å². The summed E-state index contributed by atoms with van der Waals surface area (Å²) in [5.41, 5.74) is 0.304. The molecule has 2 aromatic carbocycles. The molecule has 0 saturated heterocycles. The molecule has 0 heterocycles. The summed E-state index contributed by atoms with van der Waals surface area (Å²) in [6.07, 6.45) is 0.702. The summed E-state index contributed by atoms with van der Waals surface area (Å²) >= 11 is 11.9. The largest absolute Gasteiger partial charge is 0.355 e. The van der Waals surface area contributed by atoms with Crippen LogP contribution in [-0.2, 0) is 16.0 Å². The van der Waals surface area contributed by atoms with Gasteiger partial charge >= 0.3 is 0 Å². The van der Waals surface area contributed by atoms with Crippen LogP contribution in [0.1, 0.15) is 19.4 Å². The lowest BCUT2D eigenvalue weighted by Gasteiger charge is -2.23. The van der Waals surface area contributed by atoms with Crippen molar-refractivity contribution in [3.8, 4) is 0 Å². The van der Waals surface area contributed by atoms with Gasteiger partial charge in [-0.15, -0.1) is 0 Å². The average molecular weight is 379 g/mol. The second kappa shape index (κ2) is 8.37. The zero-order chi connectivity index (χ0) is 18.4. The first-order valence-electron chi connectivity index (χ1n) is 7.89. The van der Waals surface area contributed by atoms with Gasteiger partial charge in [0.15, 0.2) is 0 Å². The number of halogens is 2. The van der Waals surface area contributed by atoms with Gasteiger partial charge in [-0.2, -0.15) is 0 Å². The summed E-state index contributed by atoms with van der Waals surface area (Å²) in [5, 5.41) is 6.28. The molecule has 0 aliphatic rings. The lowest BCUT2D eigenvalue weighted by molar-refractivity contribution is -0.138. The maximum Gasteiger partial charge on any atom is 0.239 e. The molecular weight excluding hydrogens is 359 g/mol. The molecule has 0 atom stereocenters. The first kappa shape index (κ1) is 19.3. The van der Waals surface area contributed by atoms with E-state index in [1.807, 2.05) is 30.3 Å². The van der Waals surface area contributed by atoms with Crippen molar-refractivity contribution < 1.29 is 9.59 Å². The van der Waals surface area contributed by atoms with Gasteiger partial charge in [0.25, 0.3) is 0 Å². The summed E-state index contributed by atoms with van der Waals surface area (Å²) in [7, 11) is 0. The Kier molecular flexibility index (Phi) is 6.45. The van der Waals surface area contributed by atoms with E-state index >= 15 is 0 Å². The minimum absolute atomic E-state index is 0.320. The van der Waals surface area contributed by atoms with Crippen molar-refractivity contribution in [2.75, 3.05) is 11.9 Å². The van der Waals surface area contributed by atoms with Crippen LogP contribution in [0.2, 0.25) is 10.0 Å². The predicted molar refractivity (Wildman–Crippen MR) is 102 cm³/mol. The van der Waals surface area contributed by atoms with Crippen LogP contribution in [0, 0.1) is 5.41 Å². The number of hydrogen-bond acceptors (Lipinski definition) is 2. The number of benzene rings is 2. The first-order valence-corrected chi connectivity index (χ1v) is 8.65. The zero-order valence-corrected chi connectivity index (χ0v) is 15.6. The third kappa shape index (κ3) is 5.21. The molecule has 4 nitrogen and oxygen atoms in total. The number of rotatable bonds is 6. The van der Waals surface area contributed by atoms with E-state index in [-0.39, 0.29) is 5.91 Å². The van der Waals surface area contributed by atoms with Crippen LogP contribution in [0.5, 0.6) is 0 Å². The highest BCUT2D eigenvalue weighted by Crippen LogP contribution is 2.27. The van der Waals surface area contributed by atoms with Crippen molar-refractivity contribution in [2.45, 2.75) is 20.3 Å². The van der Waals surface area contributed by atoms with Crippen molar-refractivity contribution in [3.63, 3.8) is 0 Å². The molecule has 2 aromatic rings. The van der Waals surface area contributed by atoms with Crippen LogP contribution in [-0.4, -0.2) is 18.4 Å². The quantitative estimate of drug-likeness (QED) is 0.735. The third-order valence-electron chi connectivity index (χ3n) is 3.86. The highest BCUT2D eigenvalue weighted by molar-refractivity contribution is 6.36. The fourth-order valence-corrected chi connectivity index (χ4v) is 2.61. The molecule has 2 rings (SSSR count). The average Bonchev–Trinajstić information content (AvgIpc) is 2.58. The van der Waals surface area contributed by atoms with E-state index < -0.39 is 11.3 Å². The molecule has 0 aromatic heterocycles. The maximum atomic E-state index is 12.5. The molecule has 0 radical (unpaired) electrons. The molecule has 25 heavy (non-hydrogen) atoms. The standard InChI is InChI=1S/C19H20Cl2N2O2/c1-19(2,17(24)22-11-10-13-6-4-3-5-7-13)18(25)23-16-9-8-14(20)12-15(16)21/h3-9,12H,10-11H2,1-2H3,(H,22,24)(H,23,25). The van der Waals surface area contributed by atoms with Gasteiger partial charge < -0.3 is 10.6 Å². The van der Waals surface area contributed by atoms with E-state index in [1.165, 1.54) is 6.07 Å². The number of amides is 2. The summed E-state index contributed by atoms with van der Waals surface area (Å²) in [4.78, 5) is 24.9. The van der Waals surface area contributed by atoms with E-state index in [4.69, 9.17) is 23.2 Å². The van der Waals surface area contributed by atoms with Gasteiger partial charge in [0, 0.05) is 11.6 Å². The fraction of sp³-hybridized carbons (Fsp3) is 0.263. The Labute approximate surface area is 157 Å².